The minimum atomic E-state index is -0.0272. The number of pyridine rings is 2. The normalized spacial score (nSPS) is 18.0. The van der Waals surface area contributed by atoms with Crippen molar-refractivity contribution in [3.63, 3.8) is 0 Å². The van der Waals surface area contributed by atoms with Gasteiger partial charge in [0.25, 0.3) is 5.91 Å². The van der Waals surface area contributed by atoms with E-state index < -0.39 is 0 Å². The van der Waals surface area contributed by atoms with Crippen molar-refractivity contribution in [1.82, 2.24) is 20.2 Å². The molecule has 0 saturated carbocycles. The van der Waals surface area contributed by atoms with Gasteiger partial charge in [0.1, 0.15) is 0 Å². The van der Waals surface area contributed by atoms with Crippen LogP contribution < -0.4 is 5.32 Å². The summed E-state index contributed by atoms with van der Waals surface area (Å²) in [4.78, 5) is 22.8. The molecular weight excluding hydrogens is 312 g/mol. The van der Waals surface area contributed by atoms with Gasteiger partial charge in [-0.2, -0.15) is 0 Å². The largest absolute Gasteiger partial charge is 0.352 e. The molecule has 1 atom stereocenters. The van der Waals surface area contributed by atoms with E-state index in [2.05, 4.69) is 32.3 Å². The second kappa shape index (κ2) is 8.72. The van der Waals surface area contributed by atoms with Gasteiger partial charge in [-0.15, -0.1) is 0 Å². The maximum Gasteiger partial charge on any atom is 0.252 e. The quantitative estimate of drug-likeness (QED) is 0.880. The van der Waals surface area contributed by atoms with Crippen molar-refractivity contribution in [1.29, 1.82) is 0 Å². The van der Waals surface area contributed by atoms with E-state index in [0.29, 0.717) is 11.5 Å². The fourth-order valence-electron chi connectivity index (χ4n) is 3.45. The minimum absolute atomic E-state index is 0.0272. The van der Waals surface area contributed by atoms with Gasteiger partial charge in [-0.25, -0.2) is 0 Å². The monoisotopic (exact) mass is 338 g/mol. The number of carbonyl (C=O) groups excluding carboxylic acids is 1. The van der Waals surface area contributed by atoms with Gasteiger partial charge in [0, 0.05) is 44.4 Å². The highest BCUT2D eigenvalue weighted by Gasteiger charge is 2.20. The Kier molecular flexibility index (Phi) is 6.12. The first-order valence-electron chi connectivity index (χ1n) is 9.02. The van der Waals surface area contributed by atoms with Crippen LogP contribution in [0, 0.1) is 12.8 Å². The molecule has 1 aliphatic rings. The van der Waals surface area contributed by atoms with Crippen LogP contribution in [-0.2, 0) is 6.54 Å². The van der Waals surface area contributed by atoms with Crippen molar-refractivity contribution in [3.8, 4) is 0 Å². The molecule has 1 N–H and O–H groups in total. The number of nitrogens with zero attached hydrogens (tertiary/aromatic N) is 3. The SMILES string of the molecule is Cc1cncc(C(=O)NCCC2CCCN(Cc3ccncc3)C2)c1. The Morgan fingerprint density at radius 3 is 2.92 bits per heavy atom. The Morgan fingerprint density at radius 1 is 1.28 bits per heavy atom. The molecule has 1 fully saturated rings. The summed E-state index contributed by atoms with van der Waals surface area (Å²) in [5, 5.41) is 3.03. The second-order valence-corrected chi connectivity index (χ2v) is 6.89. The zero-order chi connectivity index (χ0) is 17.5. The van der Waals surface area contributed by atoms with Gasteiger partial charge < -0.3 is 5.32 Å². The predicted octanol–water partition coefficient (Wildman–Crippen LogP) is 2.82. The summed E-state index contributed by atoms with van der Waals surface area (Å²) < 4.78 is 0. The third-order valence-corrected chi connectivity index (χ3v) is 4.73. The van der Waals surface area contributed by atoms with Crippen LogP contribution in [0.4, 0.5) is 0 Å². The average molecular weight is 338 g/mol. The molecule has 1 unspecified atom stereocenters. The summed E-state index contributed by atoms with van der Waals surface area (Å²) in [7, 11) is 0. The molecular formula is C20H26N4O. The molecule has 1 aliphatic heterocycles. The highest BCUT2D eigenvalue weighted by atomic mass is 16.1. The number of carbonyl (C=O) groups is 1. The van der Waals surface area contributed by atoms with Crippen molar-refractivity contribution in [2.45, 2.75) is 32.7 Å². The first kappa shape index (κ1) is 17.5. The summed E-state index contributed by atoms with van der Waals surface area (Å²) in [6.45, 7) is 5.91. The summed E-state index contributed by atoms with van der Waals surface area (Å²) in [5.74, 6) is 0.618. The number of aromatic nitrogens is 2. The third-order valence-electron chi connectivity index (χ3n) is 4.73. The number of hydrogen-bond acceptors (Lipinski definition) is 4. The molecule has 5 heteroatoms. The first-order valence-corrected chi connectivity index (χ1v) is 9.02. The van der Waals surface area contributed by atoms with E-state index in [0.717, 1.165) is 38.2 Å². The van der Waals surface area contributed by atoms with Gasteiger partial charge in [0.15, 0.2) is 0 Å². The number of aryl methyl sites for hydroxylation is 1. The Hall–Kier alpha value is -2.27. The lowest BCUT2D eigenvalue weighted by molar-refractivity contribution is 0.0946. The molecule has 2 aromatic rings. The van der Waals surface area contributed by atoms with E-state index in [-0.39, 0.29) is 5.91 Å². The molecule has 0 bridgehead atoms. The lowest BCUT2D eigenvalue weighted by Gasteiger charge is -2.32. The average Bonchev–Trinajstić information content (AvgIpc) is 2.63. The Bertz CT molecular complexity index is 689. The number of hydrogen-bond donors (Lipinski definition) is 1. The van der Waals surface area contributed by atoms with Crippen molar-refractivity contribution < 1.29 is 4.79 Å². The Balaban J connectivity index is 1.43. The maximum absolute atomic E-state index is 12.2. The van der Waals surface area contributed by atoms with Crippen molar-refractivity contribution >= 4 is 5.91 Å². The van der Waals surface area contributed by atoms with Crippen LogP contribution in [-0.4, -0.2) is 40.4 Å². The van der Waals surface area contributed by atoms with Gasteiger partial charge in [-0.05, 0) is 68.0 Å². The summed E-state index contributed by atoms with van der Waals surface area (Å²) in [6, 6.07) is 6.04. The van der Waals surface area contributed by atoms with Crippen LogP contribution >= 0.6 is 0 Å². The van der Waals surface area contributed by atoms with E-state index in [1.54, 1.807) is 12.4 Å². The fourth-order valence-corrected chi connectivity index (χ4v) is 3.45. The zero-order valence-electron chi connectivity index (χ0n) is 14.8. The van der Waals surface area contributed by atoms with E-state index in [9.17, 15) is 4.79 Å². The molecule has 1 amide bonds. The Labute approximate surface area is 149 Å². The lowest BCUT2D eigenvalue weighted by Crippen LogP contribution is -2.36. The third kappa shape index (κ3) is 5.36. The standard InChI is InChI=1S/C20H26N4O/c1-16-11-19(13-22-12-16)20(25)23-9-6-17-3-2-10-24(14-17)15-18-4-7-21-8-5-18/h4-5,7-8,11-13,17H,2-3,6,9-10,14-15H2,1H3,(H,23,25). The lowest BCUT2D eigenvalue weighted by atomic mass is 9.94. The molecule has 1 saturated heterocycles. The smallest absolute Gasteiger partial charge is 0.252 e. The Morgan fingerprint density at radius 2 is 2.12 bits per heavy atom. The number of nitrogens with one attached hydrogen (secondary N) is 1. The summed E-state index contributed by atoms with van der Waals surface area (Å²) in [5.41, 5.74) is 2.96. The van der Waals surface area contributed by atoms with E-state index in [1.165, 1.54) is 18.4 Å². The van der Waals surface area contributed by atoms with Crippen LogP contribution in [0.1, 0.15) is 40.7 Å². The first-order chi connectivity index (χ1) is 12.2. The number of amides is 1. The molecule has 5 nitrogen and oxygen atoms in total. The van der Waals surface area contributed by atoms with E-state index >= 15 is 0 Å². The number of piperidine rings is 1. The van der Waals surface area contributed by atoms with Gasteiger partial charge in [-0.3, -0.25) is 19.7 Å². The molecule has 0 aliphatic carbocycles. The second-order valence-electron chi connectivity index (χ2n) is 6.89. The van der Waals surface area contributed by atoms with Crippen LogP contribution in [0.2, 0.25) is 0 Å². The van der Waals surface area contributed by atoms with Gasteiger partial charge >= 0.3 is 0 Å². The van der Waals surface area contributed by atoms with Crippen molar-refractivity contribution in [2.75, 3.05) is 19.6 Å². The molecule has 132 valence electrons. The predicted molar refractivity (Wildman–Crippen MR) is 98.2 cm³/mol. The van der Waals surface area contributed by atoms with Gasteiger partial charge in [0.05, 0.1) is 5.56 Å². The molecule has 2 aromatic heterocycles. The van der Waals surface area contributed by atoms with Crippen molar-refractivity contribution in [2.24, 2.45) is 5.92 Å². The molecule has 0 spiro atoms. The van der Waals surface area contributed by atoms with Crippen LogP contribution in [0.15, 0.2) is 43.0 Å². The van der Waals surface area contributed by atoms with E-state index in [1.807, 2.05) is 25.4 Å². The highest BCUT2D eigenvalue weighted by Crippen LogP contribution is 2.20. The molecule has 3 heterocycles. The van der Waals surface area contributed by atoms with Crippen LogP contribution in [0.3, 0.4) is 0 Å². The fraction of sp³-hybridized carbons (Fsp3) is 0.450. The summed E-state index contributed by atoms with van der Waals surface area (Å²) >= 11 is 0. The van der Waals surface area contributed by atoms with E-state index in [4.69, 9.17) is 0 Å². The summed E-state index contributed by atoms with van der Waals surface area (Å²) in [6.07, 6.45) is 10.6. The molecule has 0 radical (unpaired) electrons. The number of rotatable bonds is 6. The topological polar surface area (TPSA) is 58.1 Å². The maximum atomic E-state index is 12.2. The van der Waals surface area contributed by atoms with Crippen LogP contribution in [0.5, 0.6) is 0 Å². The van der Waals surface area contributed by atoms with Gasteiger partial charge in [0.2, 0.25) is 0 Å². The van der Waals surface area contributed by atoms with Crippen molar-refractivity contribution in [3.05, 3.63) is 59.7 Å². The minimum Gasteiger partial charge on any atom is -0.352 e. The highest BCUT2D eigenvalue weighted by molar-refractivity contribution is 5.93. The number of likely N-dealkylation sites (tertiary alicyclic amines) is 1. The zero-order valence-corrected chi connectivity index (χ0v) is 14.8. The van der Waals surface area contributed by atoms with Gasteiger partial charge in [-0.1, -0.05) is 0 Å². The molecule has 25 heavy (non-hydrogen) atoms. The molecule has 3 rings (SSSR count). The molecule has 0 aromatic carbocycles. The van der Waals surface area contributed by atoms with Crippen LogP contribution in [0.25, 0.3) is 0 Å².